The van der Waals surface area contributed by atoms with Crippen LogP contribution in [0.5, 0.6) is 5.75 Å². The van der Waals surface area contributed by atoms with E-state index in [4.69, 9.17) is 9.97 Å². The number of hydrogen-bond acceptors (Lipinski definition) is 3. The van der Waals surface area contributed by atoms with Crippen molar-refractivity contribution in [3.63, 3.8) is 0 Å². The summed E-state index contributed by atoms with van der Waals surface area (Å²) in [6.07, 6.45) is 0. The normalized spacial score (nSPS) is 11.2. The van der Waals surface area contributed by atoms with Crippen LogP contribution in [-0.2, 0) is 21.1 Å². The number of rotatable bonds is 4. The minimum absolute atomic E-state index is 0. The van der Waals surface area contributed by atoms with E-state index in [1.807, 2.05) is 60.7 Å². The molecular weight excluding hydrogens is 625 g/mol. The summed E-state index contributed by atoms with van der Waals surface area (Å²) in [6.45, 7) is 4.38. The van der Waals surface area contributed by atoms with Crippen molar-refractivity contribution in [1.82, 2.24) is 15.0 Å². The van der Waals surface area contributed by atoms with Gasteiger partial charge in [0.25, 0.3) is 0 Å². The van der Waals surface area contributed by atoms with Crippen molar-refractivity contribution >= 4 is 21.8 Å². The molecule has 0 radical (unpaired) electrons. The number of pyridine rings is 1. The van der Waals surface area contributed by atoms with E-state index in [0.29, 0.717) is 11.5 Å². The van der Waals surface area contributed by atoms with Crippen LogP contribution in [0.1, 0.15) is 25.3 Å². The molecule has 2 N–H and O–H groups in total. The number of phenols is 1. The monoisotopic (exact) mass is 649 g/mol. The summed E-state index contributed by atoms with van der Waals surface area (Å²) in [6, 6.07) is 33.5. The van der Waals surface area contributed by atoms with Gasteiger partial charge in [0, 0.05) is 37.7 Å². The second kappa shape index (κ2) is 9.72. The Morgan fingerprint density at radius 1 is 0.806 bits per heavy atom. The molecule has 0 aliphatic heterocycles. The maximum Gasteiger partial charge on any atom is 0.124 e. The number of nitrogens with one attached hydrogen (secondary N) is 1. The quantitative estimate of drug-likeness (QED) is 0.192. The first-order valence-electron chi connectivity index (χ1n) is 11.8. The van der Waals surface area contributed by atoms with Gasteiger partial charge in [0.1, 0.15) is 5.75 Å². The molecular formula is C31H24N3OPt-. The van der Waals surface area contributed by atoms with Gasteiger partial charge in [-0.1, -0.05) is 73.5 Å². The minimum atomic E-state index is 0. The summed E-state index contributed by atoms with van der Waals surface area (Å²) in [4.78, 5) is 13.2. The second-order valence-corrected chi connectivity index (χ2v) is 9.09. The summed E-state index contributed by atoms with van der Waals surface area (Å²) < 4.78 is 0. The van der Waals surface area contributed by atoms with Crippen molar-refractivity contribution in [3.05, 3.63) is 103 Å². The average Bonchev–Trinajstić information content (AvgIpc) is 3.33. The van der Waals surface area contributed by atoms with Gasteiger partial charge in [0.05, 0.1) is 22.6 Å². The molecule has 0 unspecified atom stereocenters. The van der Waals surface area contributed by atoms with Crippen LogP contribution in [0.2, 0.25) is 0 Å². The van der Waals surface area contributed by atoms with Crippen LogP contribution in [-0.4, -0.2) is 20.1 Å². The number of benzene rings is 4. The third-order valence-corrected chi connectivity index (χ3v) is 6.40. The molecule has 5 heteroatoms. The molecule has 180 valence electrons. The standard InChI is InChI=1S/C31H24N3O.Pt/c1-19(2)20-14-15-24-23(16-20)18-28(32-30(24)25-10-3-6-13-29(25)35)21-8-7-9-22(17-21)31-33-26-11-4-5-12-27(26)34-31;/h3-16,18-19,35H,1-2H3,(H,33,34);/q-1;. The van der Waals surface area contributed by atoms with E-state index in [-0.39, 0.29) is 26.8 Å². The van der Waals surface area contributed by atoms with Crippen LogP contribution in [0.3, 0.4) is 0 Å². The molecule has 0 saturated heterocycles. The third kappa shape index (κ3) is 4.34. The van der Waals surface area contributed by atoms with Gasteiger partial charge in [-0.2, -0.15) is 0 Å². The maximum absolute atomic E-state index is 10.6. The predicted octanol–water partition coefficient (Wildman–Crippen LogP) is 7.74. The zero-order chi connectivity index (χ0) is 23.9. The smallest absolute Gasteiger partial charge is 0.124 e. The van der Waals surface area contributed by atoms with Crippen molar-refractivity contribution in [3.8, 4) is 39.7 Å². The molecule has 2 heterocycles. The van der Waals surface area contributed by atoms with Crippen molar-refractivity contribution in [2.75, 3.05) is 0 Å². The van der Waals surface area contributed by atoms with Gasteiger partial charge < -0.3 is 10.1 Å². The van der Waals surface area contributed by atoms with Gasteiger partial charge in [-0.3, -0.25) is 9.97 Å². The van der Waals surface area contributed by atoms with Crippen molar-refractivity contribution in [2.45, 2.75) is 19.8 Å². The molecule has 2 aromatic heterocycles. The van der Waals surface area contributed by atoms with E-state index in [1.54, 1.807) is 6.07 Å². The van der Waals surface area contributed by atoms with Crippen molar-refractivity contribution in [2.24, 2.45) is 0 Å². The third-order valence-electron chi connectivity index (χ3n) is 6.40. The summed E-state index contributed by atoms with van der Waals surface area (Å²) in [5, 5.41) is 12.7. The Labute approximate surface area is 224 Å². The number of aromatic amines is 1. The van der Waals surface area contributed by atoms with Crippen LogP contribution in [0.15, 0.2) is 91.0 Å². The Bertz CT molecular complexity index is 1670. The van der Waals surface area contributed by atoms with Crippen molar-refractivity contribution < 1.29 is 26.2 Å². The van der Waals surface area contributed by atoms with Gasteiger partial charge in [-0.05, 0) is 41.1 Å². The zero-order valence-corrected chi connectivity index (χ0v) is 22.2. The van der Waals surface area contributed by atoms with Crippen LogP contribution in [0, 0.1) is 6.07 Å². The first kappa shape index (κ1) is 24.0. The number of imidazole rings is 1. The first-order valence-corrected chi connectivity index (χ1v) is 11.8. The Hall–Kier alpha value is -3.75. The molecule has 6 rings (SSSR count). The number of nitrogens with zero attached hydrogens (tertiary/aromatic N) is 2. The molecule has 36 heavy (non-hydrogen) atoms. The van der Waals surface area contributed by atoms with E-state index in [1.165, 1.54) is 5.56 Å². The molecule has 0 aliphatic rings. The van der Waals surface area contributed by atoms with Crippen LogP contribution in [0.4, 0.5) is 0 Å². The zero-order valence-electron chi connectivity index (χ0n) is 19.9. The Morgan fingerprint density at radius 2 is 1.58 bits per heavy atom. The molecule has 0 fully saturated rings. The van der Waals surface area contributed by atoms with Gasteiger partial charge in [0.2, 0.25) is 0 Å². The molecule has 4 aromatic carbocycles. The van der Waals surface area contributed by atoms with Gasteiger partial charge in [0.15, 0.2) is 0 Å². The largest absolute Gasteiger partial charge is 0.507 e. The van der Waals surface area contributed by atoms with E-state index >= 15 is 0 Å². The molecule has 0 atom stereocenters. The topological polar surface area (TPSA) is 61.8 Å². The summed E-state index contributed by atoms with van der Waals surface area (Å²) >= 11 is 0. The molecule has 6 aromatic rings. The number of aromatic nitrogens is 3. The Morgan fingerprint density at radius 3 is 2.39 bits per heavy atom. The number of aromatic hydroxyl groups is 1. The predicted molar refractivity (Wildman–Crippen MR) is 142 cm³/mol. The number of hydrogen-bond donors (Lipinski definition) is 2. The van der Waals surface area contributed by atoms with Gasteiger partial charge >= 0.3 is 0 Å². The SMILES string of the molecule is CC(C)c1ccc2c(-c3ccccc3O)nc(-c3[c-]c(-c4nc5ccccc5[nH]4)ccc3)cc2c1.[Pt]. The molecule has 0 bridgehead atoms. The van der Waals surface area contributed by atoms with E-state index in [9.17, 15) is 5.11 Å². The number of para-hydroxylation sites is 3. The van der Waals surface area contributed by atoms with Crippen molar-refractivity contribution in [1.29, 1.82) is 0 Å². The molecule has 0 amide bonds. The fourth-order valence-electron chi connectivity index (χ4n) is 4.49. The van der Waals surface area contributed by atoms with E-state index in [0.717, 1.165) is 50.1 Å². The first-order chi connectivity index (χ1) is 17.1. The summed E-state index contributed by atoms with van der Waals surface area (Å²) in [5.41, 5.74) is 7.20. The van der Waals surface area contributed by atoms with Crippen LogP contribution in [0.25, 0.3) is 55.7 Å². The second-order valence-electron chi connectivity index (χ2n) is 9.09. The van der Waals surface area contributed by atoms with Crippen LogP contribution >= 0.6 is 0 Å². The maximum atomic E-state index is 10.6. The molecule has 0 spiro atoms. The number of H-pyrrole nitrogens is 1. The summed E-state index contributed by atoms with van der Waals surface area (Å²) in [5.74, 6) is 1.40. The Balaban J connectivity index is 0.00000267. The van der Waals surface area contributed by atoms with E-state index < -0.39 is 0 Å². The fraction of sp³-hybridized carbons (Fsp3) is 0.0968. The fourth-order valence-corrected chi connectivity index (χ4v) is 4.49. The van der Waals surface area contributed by atoms with Gasteiger partial charge in [-0.25, -0.2) is 0 Å². The van der Waals surface area contributed by atoms with Gasteiger partial charge in [-0.15, -0.1) is 24.3 Å². The van der Waals surface area contributed by atoms with E-state index in [2.05, 4.69) is 49.2 Å². The molecule has 0 saturated carbocycles. The summed E-state index contributed by atoms with van der Waals surface area (Å²) in [7, 11) is 0. The average molecular weight is 650 g/mol. The number of fused-ring (bicyclic) bond motifs is 2. The number of phenolic OH excluding ortho intramolecular Hbond substituents is 1. The van der Waals surface area contributed by atoms with Crippen LogP contribution < -0.4 is 0 Å². The molecule has 4 nitrogen and oxygen atoms in total. The Kier molecular flexibility index (Phi) is 6.47. The molecule has 0 aliphatic carbocycles. The minimum Gasteiger partial charge on any atom is -0.507 e.